The van der Waals surface area contributed by atoms with Gasteiger partial charge in [0.15, 0.2) is 5.60 Å². The molecule has 0 saturated heterocycles. The molecule has 2 aromatic heterocycles. The number of rotatable bonds is 7. The summed E-state index contributed by atoms with van der Waals surface area (Å²) in [6, 6.07) is 9.05. The minimum Gasteiger partial charge on any atom is -0.377 e. The van der Waals surface area contributed by atoms with E-state index < -0.39 is 46.5 Å². The van der Waals surface area contributed by atoms with E-state index in [0.717, 1.165) is 29.3 Å². The Morgan fingerprint density at radius 1 is 0.889 bits per heavy atom. The molecule has 4 aromatic rings. The Labute approximate surface area is 202 Å². The van der Waals surface area contributed by atoms with Crippen LogP contribution in [0.25, 0.3) is 11.1 Å². The van der Waals surface area contributed by atoms with E-state index in [1.165, 1.54) is 30.3 Å². The summed E-state index contributed by atoms with van der Waals surface area (Å²) >= 11 is -0.298. The molecule has 14 heteroatoms. The van der Waals surface area contributed by atoms with Crippen molar-refractivity contribution in [2.24, 2.45) is 0 Å². The molecule has 1 N–H and O–H groups in total. The van der Waals surface area contributed by atoms with E-state index in [1.807, 2.05) is 0 Å². The number of hydrogen-bond acceptors (Lipinski definition) is 6. The van der Waals surface area contributed by atoms with Crippen LogP contribution in [0.2, 0.25) is 0 Å². The van der Waals surface area contributed by atoms with Gasteiger partial charge in [0.1, 0.15) is 23.7 Å². The monoisotopic (exact) mass is 529 g/mol. The van der Waals surface area contributed by atoms with Crippen molar-refractivity contribution in [2.45, 2.75) is 28.5 Å². The van der Waals surface area contributed by atoms with Crippen molar-refractivity contribution >= 4 is 11.8 Å². The van der Waals surface area contributed by atoms with Gasteiger partial charge < -0.3 is 5.11 Å². The fraction of sp³-hybridized carbons (Fsp3) is 0.182. The van der Waals surface area contributed by atoms with Crippen LogP contribution < -0.4 is 0 Å². The molecule has 1 unspecified atom stereocenters. The Morgan fingerprint density at radius 3 is 2.14 bits per heavy atom. The quantitative estimate of drug-likeness (QED) is 0.259. The minimum absolute atomic E-state index is 0.0589. The van der Waals surface area contributed by atoms with Crippen LogP contribution in [0.3, 0.4) is 0 Å². The molecule has 2 aromatic carbocycles. The molecule has 188 valence electrons. The molecule has 0 fully saturated rings. The van der Waals surface area contributed by atoms with Crippen molar-refractivity contribution in [1.82, 2.24) is 25.2 Å². The maximum absolute atomic E-state index is 15.7. The van der Waals surface area contributed by atoms with E-state index >= 15 is 8.78 Å². The van der Waals surface area contributed by atoms with E-state index in [1.54, 1.807) is 0 Å². The van der Waals surface area contributed by atoms with Gasteiger partial charge in [0, 0.05) is 28.3 Å². The molecule has 1 atom stereocenters. The number of tetrazole rings is 1. The number of aliphatic hydroxyl groups is 1. The highest BCUT2D eigenvalue weighted by Crippen LogP contribution is 2.47. The Morgan fingerprint density at radius 2 is 1.58 bits per heavy atom. The highest BCUT2D eigenvalue weighted by Gasteiger charge is 2.58. The van der Waals surface area contributed by atoms with Crippen molar-refractivity contribution in [2.75, 3.05) is 0 Å². The number of benzene rings is 2. The summed E-state index contributed by atoms with van der Waals surface area (Å²) in [5, 5.41) is 21.2. The summed E-state index contributed by atoms with van der Waals surface area (Å²) in [5.74, 6) is -6.69. The molecular formula is C22H14F7N5OS. The third-order valence-corrected chi connectivity index (χ3v) is 5.92. The van der Waals surface area contributed by atoms with Crippen molar-refractivity contribution < 1.29 is 35.8 Å². The van der Waals surface area contributed by atoms with Crippen LogP contribution in [0.4, 0.5) is 30.7 Å². The average Bonchev–Trinajstić information content (AvgIpc) is 3.31. The van der Waals surface area contributed by atoms with Crippen LogP contribution in [0, 0.1) is 11.6 Å². The summed E-state index contributed by atoms with van der Waals surface area (Å²) in [6.45, 7) is -1.00. The summed E-state index contributed by atoms with van der Waals surface area (Å²) in [4.78, 5) is 3.67. The number of hydrogen-bond donors (Lipinski definition) is 1. The van der Waals surface area contributed by atoms with Crippen LogP contribution in [-0.2, 0) is 18.1 Å². The van der Waals surface area contributed by atoms with Gasteiger partial charge >= 0.3 is 11.4 Å². The number of aromatic nitrogens is 5. The van der Waals surface area contributed by atoms with Crippen LogP contribution >= 0.6 is 11.8 Å². The largest absolute Gasteiger partial charge is 0.446 e. The van der Waals surface area contributed by atoms with Gasteiger partial charge in [-0.1, -0.05) is 18.2 Å². The van der Waals surface area contributed by atoms with E-state index in [0.29, 0.717) is 23.3 Å². The topological polar surface area (TPSA) is 76.7 Å². The first-order chi connectivity index (χ1) is 16.9. The van der Waals surface area contributed by atoms with Gasteiger partial charge in [0.2, 0.25) is 0 Å². The molecule has 36 heavy (non-hydrogen) atoms. The smallest absolute Gasteiger partial charge is 0.377 e. The molecule has 0 aliphatic rings. The highest BCUT2D eigenvalue weighted by molar-refractivity contribution is 8.00. The Hall–Kier alpha value is -3.52. The predicted molar refractivity (Wildman–Crippen MR) is 114 cm³/mol. The number of thioether (sulfide) groups is 1. The first-order valence-corrected chi connectivity index (χ1v) is 10.8. The number of halogens is 7. The molecule has 0 aliphatic heterocycles. The van der Waals surface area contributed by atoms with Crippen LogP contribution in [0.1, 0.15) is 11.3 Å². The zero-order valence-electron chi connectivity index (χ0n) is 17.8. The molecule has 0 amide bonds. The molecule has 0 spiro atoms. The summed E-state index contributed by atoms with van der Waals surface area (Å²) in [5.41, 5.74) is -8.90. The second kappa shape index (κ2) is 9.50. The van der Waals surface area contributed by atoms with Gasteiger partial charge in [-0.25, -0.2) is 13.5 Å². The van der Waals surface area contributed by atoms with Gasteiger partial charge in [-0.05, 0) is 58.1 Å². The third-order valence-electron chi connectivity index (χ3n) is 5.18. The van der Waals surface area contributed by atoms with E-state index in [4.69, 9.17) is 0 Å². The molecule has 0 radical (unpaired) electrons. The predicted octanol–water partition coefficient (Wildman–Crippen LogP) is 5.31. The van der Waals surface area contributed by atoms with E-state index in [9.17, 15) is 27.1 Å². The van der Waals surface area contributed by atoms with Crippen LogP contribution in [-0.4, -0.2) is 35.8 Å². The van der Waals surface area contributed by atoms with Gasteiger partial charge in [-0.3, -0.25) is 4.98 Å². The zero-order valence-corrected chi connectivity index (χ0v) is 18.6. The second-order valence-electron chi connectivity index (χ2n) is 7.57. The molecule has 0 bridgehead atoms. The molecule has 0 saturated carbocycles. The molecule has 6 nitrogen and oxygen atoms in total. The van der Waals surface area contributed by atoms with Crippen molar-refractivity contribution in [3.8, 4) is 11.1 Å². The number of nitrogens with zero attached hydrogens (tertiary/aromatic N) is 5. The van der Waals surface area contributed by atoms with Crippen molar-refractivity contribution in [1.29, 1.82) is 0 Å². The minimum atomic E-state index is -4.46. The molecule has 0 aliphatic carbocycles. The third kappa shape index (κ3) is 5.18. The van der Waals surface area contributed by atoms with Crippen LogP contribution in [0.5, 0.6) is 0 Å². The summed E-state index contributed by atoms with van der Waals surface area (Å²) < 4.78 is 97.8. The summed E-state index contributed by atoms with van der Waals surface area (Å²) in [7, 11) is 0. The Kier molecular flexibility index (Phi) is 6.75. The van der Waals surface area contributed by atoms with Gasteiger partial charge in [0.25, 0.3) is 0 Å². The first-order valence-electron chi connectivity index (χ1n) is 9.98. The number of pyridine rings is 1. The maximum Gasteiger partial charge on any atom is 0.446 e. The molecule has 2 heterocycles. The van der Waals surface area contributed by atoms with Crippen molar-refractivity contribution in [3.05, 3.63) is 90.0 Å². The fourth-order valence-corrected chi connectivity index (χ4v) is 4.02. The normalized spacial score (nSPS) is 14.0. The van der Waals surface area contributed by atoms with Crippen molar-refractivity contribution in [3.63, 3.8) is 0 Å². The molecular weight excluding hydrogens is 515 g/mol. The molecule has 4 rings (SSSR count). The Bertz CT molecular complexity index is 1330. The lowest BCUT2D eigenvalue weighted by Gasteiger charge is -2.35. The second-order valence-corrected chi connectivity index (χ2v) is 8.71. The highest BCUT2D eigenvalue weighted by atomic mass is 32.2. The lowest BCUT2D eigenvalue weighted by Crippen LogP contribution is -2.48. The average molecular weight is 529 g/mol. The lowest BCUT2D eigenvalue weighted by atomic mass is 9.84. The van der Waals surface area contributed by atoms with Gasteiger partial charge in [0.05, 0.1) is 6.54 Å². The van der Waals surface area contributed by atoms with Gasteiger partial charge in [-0.15, -0.1) is 5.10 Å². The first kappa shape index (κ1) is 25.6. The number of alkyl halides is 5. The SMILES string of the molecule is OC(Cn1cnnn1)(c1ccc(F)cc1F)C(F)(F)c1ccc(-c2ccc(SC(F)(F)F)cc2)cn1. The van der Waals surface area contributed by atoms with Crippen LogP contribution in [0.15, 0.2) is 72.0 Å². The maximum atomic E-state index is 15.7. The van der Waals surface area contributed by atoms with E-state index in [2.05, 4.69) is 20.5 Å². The zero-order chi connectivity index (χ0) is 26.1. The van der Waals surface area contributed by atoms with E-state index in [-0.39, 0.29) is 16.7 Å². The standard InChI is InChI=1S/C22H14F7N5OS/c23-15-4-7-17(18(24)9-15)20(35,11-34-12-31-32-33-34)21(25,26)19-8-3-14(10-30-19)13-1-5-16(6-2-13)36-22(27,28)29/h1-10,12,35H,11H2. The fourth-order valence-electron chi connectivity index (χ4n) is 3.48. The lowest BCUT2D eigenvalue weighted by molar-refractivity contribution is -0.207. The van der Waals surface area contributed by atoms with Gasteiger partial charge in [-0.2, -0.15) is 22.0 Å². The Balaban J connectivity index is 1.69. The summed E-state index contributed by atoms with van der Waals surface area (Å²) in [6.07, 6.45) is 1.97.